The molecule has 31 heavy (non-hydrogen) atoms. The molecule has 0 spiro atoms. The van der Waals surface area contributed by atoms with Crippen LogP contribution >= 0.6 is 23.3 Å². The zero-order valence-electron chi connectivity index (χ0n) is 17.9. The summed E-state index contributed by atoms with van der Waals surface area (Å²) in [5.41, 5.74) is 3.90. The molecule has 0 atom stereocenters. The highest BCUT2D eigenvalue weighted by atomic mass is 32.2. The number of fused-ring (bicyclic) bond motifs is 1. The minimum atomic E-state index is -0.0740. The van der Waals surface area contributed by atoms with Crippen LogP contribution in [0.1, 0.15) is 59.2 Å². The first kappa shape index (κ1) is 22.3. The van der Waals surface area contributed by atoms with Gasteiger partial charge >= 0.3 is 0 Å². The topological polar surface area (TPSA) is 82.1 Å². The zero-order valence-corrected chi connectivity index (χ0v) is 19.5. The van der Waals surface area contributed by atoms with Crippen molar-refractivity contribution in [2.75, 3.05) is 18.4 Å². The van der Waals surface area contributed by atoms with Crippen LogP contribution < -0.4 is 10.5 Å². The number of anilines is 1. The lowest BCUT2D eigenvalue weighted by Crippen LogP contribution is -2.34. The lowest BCUT2D eigenvalue weighted by molar-refractivity contribution is -0.115. The first-order valence-electron chi connectivity index (χ1n) is 11.1. The normalized spacial score (nSPS) is 17.2. The molecule has 2 aromatic rings. The van der Waals surface area contributed by atoms with Crippen LogP contribution in [0.4, 0.5) is 5.00 Å². The van der Waals surface area contributed by atoms with E-state index >= 15 is 0 Å². The van der Waals surface area contributed by atoms with Gasteiger partial charge in [-0.05, 0) is 36.3 Å². The number of thiophene rings is 1. The molecule has 1 amide bonds. The Morgan fingerprint density at radius 2 is 1.97 bits per heavy atom. The second-order valence-corrected chi connectivity index (χ2v) is 10.4. The van der Waals surface area contributed by atoms with Crippen molar-refractivity contribution in [1.82, 2.24) is 4.90 Å². The fourth-order valence-corrected chi connectivity index (χ4v) is 6.30. The van der Waals surface area contributed by atoms with Gasteiger partial charge in [0.15, 0.2) is 0 Å². The molecule has 0 bridgehead atoms. The van der Waals surface area contributed by atoms with Crippen LogP contribution in [-0.2, 0) is 29.9 Å². The number of carbonyl (C=O) groups excluding carboxylic acids is 1. The number of nitriles is 1. The second kappa shape index (κ2) is 10.6. The molecule has 7 heteroatoms. The summed E-state index contributed by atoms with van der Waals surface area (Å²) < 4.78 is 0. The maximum absolute atomic E-state index is 12.7. The third kappa shape index (κ3) is 5.69. The average molecular weight is 455 g/mol. The van der Waals surface area contributed by atoms with Crippen LogP contribution in [0.3, 0.4) is 0 Å². The fourth-order valence-electron chi connectivity index (χ4n) is 4.75. The van der Waals surface area contributed by atoms with Crippen molar-refractivity contribution in [1.29, 1.82) is 5.26 Å². The molecule has 0 unspecified atom stereocenters. The predicted molar refractivity (Wildman–Crippen MR) is 129 cm³/mol. The van der Waals surface area contributed by atoms with E-state index in [2.05, 4.69) is 16.3 Å². The van der Waals surface area contributed by atoms with E-state index in [4.69, 9.17) is 5.14 Å². The van der Waals surface area contributed by atoms with E-state index in [1.807, 2.05) is 24.3 Å². The number of nitrogens with zero attached hydrogens (tertiary/aromatic N) is 2. The molecule has 1 aliphatic carbocycles. The third-order valence-corrected chi connectivity index (χ3v) is 8.08. The average Bonchev–Trinajstić information content (AvgIpc) is 3.12. The van der Waals surface area contributed by atoms with Gasteiger partial charge in [-0.2, -0.15) is 5.26 Å². The quantitative estimate of drug-likeness (QED) is 0.585. The van der Waals surface area contributed by atoms with Gasteiger partial charge in [0.25, 0.3) is 0 Å². The summed E-state index contributed by atoms with van der Waals surface area (Å²) in [6, 6.07) is 10.3. The lowest BCUT2D eigenvalue weighted by Gasteiger charge is -2.32. The molecule has 1 fully saturated rings. The number of amides is 1. The SMILES string of the molecule is N#Cc1c(NC(=O)Cc2ccc(CSN)cc2)sc2c1CN(CC1CCCCC1)CC2. The van der Waals surface area contributed by atoms with E-state index in [0.29, 0.717) is 17.0 Å². The summed E-state index contributed by atoms with van der Waals surface area (Å²) in [6.45, 7) is 3.03. The van der Waals surface area contributed by atoms with Crippen LogP contribution in [0.25, 0.3) is 0 Å². The smallest absolute Gasteiger partial charge is 0.229 e. The van der Waals surface area contributed by atoms with Crippen molar-refractivity contribution in [3.8, 4) is 6.07 Å². The highest BCUT2D eigenvalue weighted by Gasteiger charge is 2.27. The number of benzene rings is 1. The van der Waals surface area contributed by atoms with E-state index in [1.54, 1.807) is 11.3 Å². The van der Waals surface area contributed by atoms with E-state index < -0.39 is 0 Å². The van der Waals surface area contributed by atoms with E-state index in [0.717, 1.165) is 54.4 Å². The summed E-state index contributed by atoms with van der Waals surface area (Å²) >= 11 is 2.88. The van der Waals surface area contributed by atoms with Crippen molar-refractivity contribution >= 4 is 34.2 Å². The molecule has 164 valence electrons. The van der Waals surface area contributed by atoms with E-state index in [-0.39, 0.29) is 5.91 Å². The molecule has 0 radical (unpaired) electrons. The van der Waals surface area contributed by atoms with Gasteiger partial charge in [0.2, 0.25) is 5.91 Å². The first-order valence-corrected chi connectivity index (χ1v) is 13.0. The molecule has 2 aliphatic rings. The highest BCUT2D eigenvalue weighted by molar-refractivity contribution is 7.96. The Kier molecular flexibility index (Phi) is 7.67. The monoisotopic (exact) mass is 454 g/mol. The minimum absolute atomic E-state index is 0.0740. The molecule has 0 saturated heterocycles. The minimum Gasteiger partial charge on any atom is -0.316 e. The summed E-state index contributed by atoms with van der Waals surface area (Å²) in [6.07, 6.45) is 8.04. The van der Waals surface area contributed by atoms with Crippen LogP contribution in [-0.4, -0.2) is 23.9 Å². The van der Waals surface area contributed by atoms with Crippen molar-refractivity contribution in [2.45, 2.75) is 57.2 Å². The predicted octanol–water partition coefficient (Wildman–Crippen LogP) is 4.85. The van der Waals surface area contributed by atoms with Gasteiger partial charge in [-0.15, -0.1) is 11.3 Å². The Hall–Kier alpha value is -1.85. The Morgan fingerprint density at radius 3 is 2.68 bits per heavy atom. The number of nitrogens with two attached hydrogens (primary N) is 1. The molecule has 3 N–H and O–H groups in total. The highest BCUT2D eigenvalue weighted by Crippen LogP contribution is 2.37. The Labute approximate surface area is 193 Å². The van der Waals surface area contributed by atoms with Gasteiger partial charge in [0.1, 0.15) is 11.1 Å². The van der Waals surface area contributed by atoms with Crippen LogP contribution in [0, 0.1) is 17.2 Å². The summed E-state index contributed by atoms with van der Waals surface area (Å²) in [4.78, 5) is 16.4. The van der Waals surface area contributed by atoms with E-state index in [1.165, 1.54) is 48.9 Å². The Bertz CT molecular complexity index is 942. The summed E-state index contributed by atoms with van der Waals surface area (Å²) in [7, 11) is 0. The van der Waals surface area contributed by atoms with E-state index in [9.17, 15) is 10.1 Å². The molecule has 1 aromatic carbocycles. The Morgan fingerprint density at radius 1 is 1.23 bits per heavy atom. The van der Waals surface area contributed by atoms with Gasteiger partial charge < -0.3 is 5.32 Å². The van der Waals surface area contributed by atoms with Crippen molar-refractivity contribution < 1.29 is 4.79 Å². The van der Waals surface area contributed by atoms with Crippen molar-refractivity contribution in [3.05, 3.63) is 51.4 Å². The molecule has 2 heterocycles. The standard InChI is InChI=1S/C24H30N4OS2/c25-13-20-21-15-28(14-18-4-2-1-3-5-18)11-10-22(21)31-24(20)27-23(29)12-17-6-8-19(9-7-17)16-30-26/h6-9,18H,1-5,10-12,14-16,26H2,(H,27,29). The summed E-state index contributed by atoms with van der Waals surface area (Å²) in [5, 5.41) is 19.1. The Balaban J connectivity index is 1.39. The van der Waals surface area contributed by atoms with Crippen LogP contribution in [0.5, 0.6) is 0 Å². The number of hydrogen-bond donors (Lipinski definition) is 2. The van der Waals surface area contributed by atoms with Crippen molar-refractivity contribution in [2.24, 2.45) is 11.1 Å². The van der Waals surface area contributed by atoms with Crippen LogP contribution in [0.2, 0.25) is 0 Å². The molecule has 5 nitrogen and oxygen atoms in total. The third-order valence-electron chi connectivity index (χ3n) is 6.37. The molecule has 1 saturated carbocycles. The van der Waals surface area contributed by atoms with Crippen LogP contribution in [0.15, 0.2) is 24.3 Å². The maximum Gasteiger partial charge on any atom is 0.229 e. The second-order valence-electron chi connectivity index (χ2n) is 8.66. The lowest BCUT2D eigenvalue weighted by atomic mass is 9.88. The van der Waals surface area contributed by atoms with Gasteiger partial charge in [-0.25, -0.2) is 0 Å². The number of nitrogens with one attached hydrogen (secondary N) is 1. The van der Waals surface area contributed by atoms with Gasteiger partial charge in [-0.1, -0.05) is 55.5 Å². The van der Waals surface area contributed by atoms with Gasteiger partial charge in [0.05, 0.1) is 12.0 Å². The summed E-state index contributed by atoms with van der Waals surface area (Å²) in [5.74, 6) is 1.49. The number of rotatable bonds is 7. The molecule has 1 aliphatic heterocycles. The van der Waals surface area contributed by atoms with Gasteiger partial charge in [-0.3, -0.25) is 14.8 Å². The maximum atomic E-state index is 12.7. The molecular formula is C24H30N4OS2. The largest absolute Gasteiger partial charge is 0.316 e. The molecule has 1 aromatic heterocycles. The van der Waals surface area contributed by atoms with Gasteiger partial charge in [0, 0.05) is 35.8 Å². The zero-order chi connectivity index (χ0) is 21.6. The van der Waals surface area contributed by atoms with Crippen molar-refractivity contribution in [3.63, 3.8) is 0 Å². The molecule has 4 rings (SSSR count). The number of carbonyl (C=O) groups is 1. The fraction of sp³-hybridized carbons (Fsp3) is 0.500. The molecular weight excluding hydrogens is 424 g/mol. The number of hydrogen-bond acceptors (Lipinski definition) is 6. The first-order chi connectivity index (χ1) is 15.2.